The van der Waals surface area contributed by atoms with Gasteiger partial charge in [0, 0.05) is 5.54 Å². The number of methoxy groups -OCH3 is 1. The molecule has 1 atom stereocenters. The first kappa shape index (κ1) is 18.0. The zero-order valence-corrected chi connectivity index (χ0v) is 15.0. The second-order valence-electron chi connectivity index (χ2n) is 7.37. The van der Waals surface area contributed by atoms with Gasteiger partial charge < -0.3 is 10.1 Å². The fourth-order valence-corrected chi connectivity index (χ4v) is 2.76. The van der Waals surface area contributed by atoms with Crippen molar-refractivity contribution in [2.75, 3.05) is 13.7 Å². The van der Waals surface area contributed by atoms with Gasteiger partial charge in [0.1, 0.15) is 5.75 Å². The summed E-state index contributed by atoms with van der Waals surface area (Å²) in [5.74, 6) is 1.78. The Labute approximate surface area is 131 Å². The topological polar surface area (TPSA) is 21.3 Å². The molecule has 2 nitrogen and oxygen atoms in total. The van der Waals surface area contributed by atoms with Crippen molar-refractivity contribution in [2.45, 2.75) is 66.3 Å². The van der Waals surface area contributed by atoms with Crippen LogP contribution < -0.4 is 10.1 Å². The quantitative estimate of drug-likeness (QED) is 0.789. The molecule has 0 saturated heterocycles. The summed E-state index contributed by atoms with van der Waals surface area (Å²) in [5.41, 5.74) is 4.15. The predicted octanol–water partition coefficient (Wildman–Crippen LogP) is 4.66. The smallest absolute Gasteiger partial charge is 0.124 e. The third-order valence-corrected chi connectivity index (χ3v) is 3.94. The van der Waals surface area contributed by atoms with Gasteiger partial charge >= 0.3 is 0 Å². The van der Waals surface area contributed by atoms with Gasteiger partial charge in [0.05, 0.1) is 7.11 Å². The fraction of sp³-hybridized carbons (Fsp3) is 0.684. The van der Waals surface area contributed by atoms with Gasteiger partial charge in [-0.15, -0.1) is 0 Å². The lowest BCUT2D eigenvalue weighted by Crippen LogP contribution is -2.36. The average Bonchev–Trinajstić information content (AvgIpc) is 2.34. The molecular formula is C19H33NO. The summed E-state index contributed by atoms with van der Waals surface area (Å²) >= 11 is 0. The number of aryl methyl sites for hydroxylation is 3. The Kier molecular flexibility index (Phi) is 6.73. The van der Waals surface area contributed by atoms with Crippen LogP contribution >= 0.6 is 0 Å². The molecular weight excluding hydrogens is 258 g/mol. The maximum Gasteiger partial charge on any atom is 0.124 e. The first-order valence-electron chi connectivity index (χ1n) is 8.12. The summed E-state index contributed by atoms with van der Waals surface area (Å²) in [4.78, 5) is 0. The lowest BCUT2D eigenvalue weighted by atomic mass is 9.95. The van der Waals surface area contributed by atoms with E-state index in [-0.39, 0.29) is 5.54 Å². The van der Waals surface area contributed by atoms with Crippen molar-refractivity contribution in [3.8, 4) is 5.75 Å². The van der Waals surface area contributed by atoms with E-state index in [0.29, 0.717) is 0 Å². The summed E-state index contributed by atoms with van der Waals surface area (Å²) in [6.45, 7) is 14.4. The number of benzene rings is 1. The molecule has 1 aromatic carbocycles. The Morgan fingerprint density at radius 2 is 1.67 bits per heavy atom. The summed E-state index contributed by atoms with van der Waals surface area (Å²) in [5, 5.41) is 3.57. The van der Waals surface area contributed by atoms with Crippen molar-refractivity contribution in [3.05, 3.63) is 28.8 Å². The molecule has 0 saturated carbocycles. The van der Waals surface area contributed by atoms with Crippen molar-refractivity contribution in [3.63, 3.8) is 0 Å². The SMILES string of the molecule is COc1c(C)cc(CCC(C)CCNC(C)(C)C)cc1C. The van der Waals surface area contributed by atoms with E-state index in [1.807, 2.05) is 0 Å². The van der Waals surface area contributed by atoms with Crippen molar-refractivity contribution in [1.82, 2.24) is 5.32 Å². The second-order valence-corrected chi connectivity index (χ2v) is 7.37. The molecule has 0 spiro atoms. The molecule has 1 N–H and O–H groups in total. The molecule has 120 valence electrons. The predicted molar refractivity (Wildman–Crippen MR) is 92.3 cm³/mol. The molecule has 1 aromatic rings. The number of ether oxygens (including phenoxy) is 1. The summed E-state index contributed by atoms with van der Waals surface area (Å²) in [7, 11) is 1.75. The molecule has 0 bridgehead atoms. The maximum atomic E-state index is 5.43. The summed E-state index contributed by atoms with van der Waals surface area (Å²) < 4.78 is 5.43. The molecule has 0 heterocycles. The number of nitrogens with one attached hydrogen (secondary N) is 1. The van der Waals surface area contributed by atoms with Crippen molar-refractivity contribution in [2.24, 2.45) is 5.92 Å². The Morgan fingerprint density at radius 1 is 1.10 bits per heavy atom. The standard InChI is InChI=1S/C19H33NO/c1-14(10-11-20-19(4,5)6)8-9-17-12-15(2)18(21-7)16(3)13-17/h12-14,20H,8-11H2,1-7H3. The first-order valence-corrected chi connectivity index (χ1v) is 8.12. The van der Waals surface area contributed by atoms with Crippen LogP contribution in [0.2, 0.25) is 0 Å². The molecule has 1 rings (SSSR count). The molecule has 1 unspecified atom stereocenters. The zero-order valence-electron chi connectivity index (χ0n) is 15.0. The van der Waals surface area contributed by atoms with Gasteiger partial charge in [-0.05, 0) is 83.0 Å². The third-order valence-electron chi connectivity index (χ3n) is 3.94. The van der Waals surface area contributed by atoms with Gasteiger partial charge in [-0.2, -0.15) is 0 Å². The molecule has 21 heavy (non-hydrogen) atoms. The Balaban J connectivity index is 2.45. The van der Waals surface area contributed by atoms with E-state index >= 15 is 0 Å². The molecule has 0 fully saturated rings. The van der Waals surface area contributed by atoms with Crippen LogP contribution in [0.5, 0.6) is 5.75 Å². The lowest BCUT2D eigenvalue weighted by Gasteiger charge is -2.22. The van der Waals surface area contributed by atoms with E-state index in [1.54, 1.807) is 7.11 Å². The van der Waals surface area contributed by atoms with E-state index in [0.717, 1.165) is 24.6 Å². The van der Waals surface area contributed by atoms with Gasteiger partial charge in [0.2, 0.25) is 0 Å². The van der Waals surface area contributed by atoms with Crippen LogP contribution in [0.4, 0.5) is 0 Å². The van der Waals surface area contributed by atoms with Gasteiger partial charge in [-0.1, -0.05) is 19.1 Å². The third kappa shape index (κ3) is 6.52. The molecule has 0 aliphatic rings. The van der Waals surface area contributed by atoms with Crippen LogP contribution in [0.25, 0.3) is 0 Å². The van der Waals surface area contributed by atoms with Crippen molar-refractivity contribution >= 4 is 0 Å². The highest BCUT2D eigenvalue weighted by Gasteiger charge is 2.10. The molecule has 0 radical (unpaired) electrons. The van der Waals surface area contributed by atoms with E-state index < -0.39 is 0 Å². The first-order chi connectivity index (χ1) is 9.73. The Morgan fingerprint density at radius 3 is 2.14 bits per heavy atom. The molecule has 0 aliphatic carbocycles. The van der Waals surface area contributed by atoms with Crippen LogP contribution in [0.1, 0.15) is 57.2 Å². The zero-order chi connectivity index (χ0) is 16.0. The number of hydrogen-bond acceptors (Lipinski definition) is 2. The van der Waals surface area contributed by atoms with E-state index in [9.17, 15) is 0 Å². The van der Waals surface area contributed by atoms with E-state index in [4.69, 9.17) is 4.74 Å². The molecule has 2 heteroatoms. The van der Waals surface area contributed by atoms with Crippen LogP contribution in [-0.4, -0.2) is 19.2 Å². The highest BCUT2D eigenvalue weighted by Crippen LogP contribution is 2.25. The van der Waals surface area contributed by atoms with Crippen molar-refractivity contribution < 1.29 is 4.74 Å². The fourth-order valence-electron chi connectivity index (χ4n) is 2.76. The van der Waals surface area contributed by atoms with Crippen LogP contribution in [0, 0.1) is 19.8 Å². The largest absolute Gasteiger partial charge is 0.496 e. The Hall–Kier alpha value is -1.02. The molecule has 0 amide bonds. The van der Waals surface area contributed by atoms with Gasteiger partial charge in [0.15, 0.2) is 0 Å². The minimum absolute atomic E-state index is 0.226. The minimum atomic E-state index is 0.226. The van der Waals surface area contributed by atoms with Gasteiger partial charge in [-0.3, -0.25) is 0 Å². The lowest BCUT2D eigenvalue weighted by molar-refractivity contribution is 0.386. The Bertz CT molecular complexity index is 422. The van der Waals surface area contributed by atoms with Crippen molar-refractivity contribution in [1.29, 1.82) is 0 Å². The van der Waals surface area contributed by atoms with Gasteiger partial charge in [0.25, 0.3) is 0 Å². The maximum absolute atomic E-state index is 5.43. The minimum Gasteiger partial charge on any atom is -0.496 e. The highest BCUT2D eigenvalue weighted by molar-refractivity contribution is 5.43. The summed E-state index contributed by atoms with van der Waals surface area (Å²) in [6.07, 6.45) is 3.64. The van der Waals surface area contributed by atoms with Crippen LogP contribution in [0.3, 0.4) is 0 Å². The van der Waals surface area contributed by atoms with Gasteiger partial charge in [-0.25, -0.2) is 0 Å². The second kappa shape index (κ2) is 7.84. The number of hydrogen-bond donors (Lipinski definition) is 1. The van der Waals surface area contributed by atoms with Crippen LogP contribution in [-0.2, 0) is 6.42 Å². The molecule has 0 aromatic heterocycles. The normalized spacial score (nSPS) is 13.3. The summed E-state index contributed by atoms with van der Waals surface area (Å²) in [6, 6.07) is 4.54. The average molecular weight is 291 g/mol. The number of rotatable bonds is 7. The van der Waals surface area contributed by atoms with E-state index in [1.165, 1.54) is 29.5 Å². The monoisotopic (exact) mass is 291 g/mol. The van der Waals surface area contributed by atoms with Crippen LogP contribution in [0.15, 0.2) is 12.1 Å². The molecule has 0 aliphatic heterocycles. The highest BCUT2D eigenvalue weighted by atomic mass is 16.5. The van der Waals surface area contributed by atoms with E-state index in [2.05, 4.69) is 59.0 Å².